The fourth-order valence-corrected chi connectivity index (χ4v) is 3.81. The zero-order valence-corrected chi connectivity index (χ0v) is 18.1. The Hall–Kier alpha value is -3.39. The van der Waals surface area contributed by atoms with E-state index in [0.717, 1.165) is 24.2 Å². The minimum Gasteiger partial charge on any atom is -0.332 e. The third-order valence-corrected chi connectivity index (χ3v) is 5.09. The normalized spacial score (nSPS) is 13.6. The standard InChI is InChI=1S/C23H23FN6S/c1-14-11-15(2)26-21(25-14)29-22(27-20-12-16-5-3-4-6-17(16)13-20)30-23(31)28-19-9-7-18(24)8-10-19/h3-11,20H,12-13H2,1-2H3,(H3,25,26,27,28,29,30,31). The highest BCUT2D eigenvalue weighted by atomic mass is 32.1. The van der Waals surface area contributed by atoms with Gasteiger partial charge in [-0.2, -0.15) is 0 Å². The third-order valence-electron chi connectivity index (χ3n) is 4.89. The second-order valence-electron chi connectivity index (χ2n) is 7.49. The minimum atomic E-state index is -0.305. The molecule has 3 N–H and O–H groups in total. The van der Waals surface area contributed by atoms with Gasteiger partial charge in [-0.25, -0.2) is 19.4 Å². The van der Waals surface area contributed by atoms with E-state index in [9.17, 15) is 4.39 Å². The fourth-order valence-electron chi connectivity index (χ4n) is 3.60. The molecule has 0 unspecified atom stereocenters. The van der Waals surface area contributed by atoms with Gasteiger partial charge in [0.05, 0.1) is 6.04 Å². The van der Waals surface area contributed by atoms with Gasteiger partial charge in [0.25, 0.3) is 0 Å². The van der Waals surface area contributed by atoms with Crippen molar-refractivity contribution in [3.63, 3.8) is 0 Å². The van der Waals surface area contributed by atoms with Gasteiger partial charge in [0.1, 0.15) is 5.82 Å². The molecule has 158 valence electrons. The van der Waals surface area contributed by atoms with Crippen LogP contribution < -0.4 is 16.0 Å². The van der Waals surface area contributed by atoms with Crippen LogP contribution in [0, 0.1) is 19.7 Å². The van der Waals surface area contributed by atoms with Crippen molar-refractivity contribution in [3.05, 3.63) is 82.9 Å². The zero-order valence-electron chi connectivity index (χ0n) is 17.3. The summed E-state index contributed by atoms with van der Waals surface area (Å²) in [7, 11) is 0. The van der Waals surface area contributed by atoms with Crippen molar-refractivity contribution in [3.8, 4) is 0 Å². The predicted octanol–water partition coefficient (Wildman–Crippen LogP) is 4.15. The Kier molecular flexibility index (Phi) is 6.18. The molecule has 0 bridgehead atoms. The summed E-state index contributed by atoms with van der Waals surface area (Å²) in [6, 6.07) is 16.3. The summed E-state index contributed by atoms with van der Waals surface area (Å²) in [4.78, 5) is 13.7. The van der Waals surface area contributed by atoms with E-state index in [2.05, 4.69) is 38.1 Å². The van der Waals surface area contributed by atoms with E-state index in [1.54, 1.807) is 12.1 Å². The lowest BCUT2D eigenvalue weighted by atomic mass is 10.1. The molecule has 1 aliphatic carbocycles. The summed E-state index contributed by atoms with van der Waals surface area (Å²) in [6.45, 7) is 3.83. The summed E-state index contributed by atoms with van der Waals surface area (Å²) in [6.07, 6.45) is 1.71. The average Bonchev–Trinajstić information content (AvgIpc) is 3.11. The number of thiocarbonyl (C=S) groups is 1. The van der Waals surface area contributed by atoms with Crippen molar-refractivity contribution in [1.82, 2.24) is 15.3 Å². The van der Waals surface area contributed by atoms with Gasteiger partial charge in [0, 0.05) is 17.1 Å². The van der Waals surface area contributed by atoms with Crippen LogP contribution in [0.25, 0.3) is 0 Å². The molecule has 0 amide bonds. The molecule has 1 aliphatic rings. The summed E-state index contributed by atoms with van der Waals surface area (Å²) in [5.41, 5.74) is 5.01. The highest BCUT2D eigenvalue weighted by molar-refractivity contribution is 7.80. The van der Waals surface area contributed by atoms with Gasteiger partial charge < -0.3 is 10.6 Å². The number of aromatic nitrogens is 2. The molecule has 31 heavy (non-hydrogen) atoms. The van der Waals surface area contributed by atoms with E-state index in [1.807, 2.05) is 32.0 Å². The Morgan fingerprint density at radius 3 is 2.19 bits per heavy atom. The Balaban J connectivity index is 1.53. The van der Waals surface area contributed by atoms with E-state index in [4.69, 9.17) is 17.2 Å². The van der Waals surface area contributed by atoms with Crippen LogP contribution in [0.2, 0.25) is 0 Å². The number of halogens is 1. The Labute approximate surface area is 186 Å². The van der Waals surface area contributed by atoms with Crippen molar-refractivity contribution in [2.24, 2.45) is 4.99 Å². The van der Waals surface area contributed by atoms with E-state index in [-0.39, 0.29) is 11.9 Å². The number of anilines is 2. The van der Waals surface area contributed by atoms with Gasteiger partial charge in [-0.05, 0) is 80.4 Å². The molecule has 0 spiro atoms. The van der Waals surface area contributed by atoms with Crippen molar-refractivity contribution in [1.29, 1.82) is 0 Å². The maximum atomic E-state index is 13.2. The summed E-state index contributed by atoms with van der Waals surface area (Å²) < 4.78 is 13.2. The second-order valence-corrected chi connectivity index (χ2v) is 7.90. The molecule has 0 fully saturated rings. The molecule has 8 heteroatoms. The number of aliphatic imine (C=N–C) groups is 1. The zero-order chi connectivity index (χ0) is 21.8. The number of nitrogens with zero attached hydrogens (tertiary/aromatic N) is 3. The molecule has 0 radical (unpaired) electrons. The monoisotopic (exact) mass is 434 g/mol. The summed E-state index contributed by atoms with van der Waals surface area (Å²) in [5, 5.41) is 9.65. The molecule has 4 rings (SSSR count). The molecule has 0 saturated carbocycles. The molecule has 1 aromatic heterocycles. The maximum Gasteiger partial charge on any atom is 0.229 e. The van der Waals surface area contributed by atoms with Gasteiger partial charge in [-0.1, -0.05) is 24.3 Å². The molecular formula is C23H23FN6S. The van der Waals surface area contributed by atoms with E-state index in [1.165, 1.54) is 23.3 Å². The topological polar surface area (TPSA) is 74.2 Å². The fraction of sp³-hybridized carbons (Fsp3) is 0.217. The SMILES string of the molecule is Cc1cc(C)nc(NC(=NC2Cc3ccccc3C2)NC(=S)Nc2ccc(F)cc2)n1. The number of hydrogen-bond acceptors (Lipinski definition) is 4. The number of guanidine groups is 1. The smallest absolute Gasteiger partial charge is 0.229 e. The summed E-state index contributed by atoms with van der Waals surface area (Å²) >= 11 is 5.45. The molecule has 0 aliphatic heterocycles. The minimum absolute atomic E-state index is 0.0759. The Morgan fingerprint density at radius 2 is 1.58 bits per heavy atom. The molecule has 0 saturated heterocycles. The van der Waals surface area contributed by atoms with Gasteiger partial charge in [0.2, 0.25) is 11.9 Å². The van der Waals surface area contributed by atoms with Crippen molar-refractivity contribution < 1.29 is 4.39 Å². The molecular weight excluding hydrogens is 411 g/mol. The number of benzene rings is 2. The number of aryl methyl sites for hydroxylation is 2. The lowest BCUT2D eigenvalue weighted by Gasteiger charge is -2.16. The van der Waals surface area contributed by atoms with Crippen LogP contribution in [0.3, 0.4) is 0 Å². The highest BCUT2D eigenvalue weighted by Crippen LogP contribution is 2.23. The van der Waals surface area contributed by atoms with E-state index >= 15 is 0 Å². The van der Waals surface area contributed by atoms with Crippen LogP contribution in [-0.2, 0) is 12.8 Å². The lowest BCUT2D eigenvalue weighted by Crippen LogP contribution is -2.40. The van der Waals surface area contributed by atoms with Gasteiger partial charge >= 0.3 is 0 Å². The van der Waals surface area contributed by atoms with Crippen molar-refractivity contribution >= 4 is 34.9 Å². The van der Waals surface area contributed by atoms with E-state index in [0.29, 0.717) is 22.7 Å². The van der Waals surface area contributed by atoms with Crippen LogP contribution in [0.15, 0.2) is 59.6 Å². The highest BCUT2D eigenvalue weighted by Gasteiger charge is 2.21. The quantitative estimate of drug-likeness (QED) is 0.327. The average molecular weight is 435 g/mol. The van der Waals surface area contributed by atoms with Crippen molar-refractivity contribution in [2.45, 2.75) is 32.7 Å². The van der Waals surface area contributed by atoms with Crippen LogP contribution in [-0.4, -0.2) is 27.1 Å². The van der Waals surface area contributed by atoms with Gasteiger partial charge in [-0.15, -0.1) is 0 Å². The third kappa shape index (κ3) is 5.61. The van der Waals surface area contributed by atoms with Crippen LogP contribution in [0.5, 0.6) is 0 Å². The molecule has 1 heterocycles. The first kappa shape index (κ1) is 20.9. The van der Waals surface area contributed by atoms with Crippen LogP contribution >= 0.6 is 12.2 Å². The largest absolute Gasteiger partial charge is 0.332 e. The van der Waals surface area contributed by atoms with Gasteiger partial charge in [0.15, 0.2) is 5.11 Å². The number of rotatable bonds is 3. The number of fused-ring (bicyclic) bond motifs is 1. The number of hydrogen-bond donors (Lipinski definition) is 3. The van der Waals surface area contributed by atoms with Crippen LogP contribution in [0.4, 0.5) is 16.0 Å². The first-order valence-corrected chi connectivity index (χ1v) is 10.4. The number of nitrogens with one attached hydrogen (secondary N) is 3. The Morgan fingerprint density at radius 1 is 0.968 bits per heavy atom. The van der Waals surface area contributed by atoms with E-state index < -0.39 is 0 Å². The second kappa shape index (κ2) is 9.18. The van der Waals surface area contributed by atoms with Crippen molar-refractivity contribution in [2.75, 3.05) is 10.6 Å². The summed E-state index contributed by atoms with van der Waals surface area (Å²) in [5.74, 6) is 0.604. The Bertz CT molecular complexity index is 1080. The first-order chi connectivity index (χ1) is 14.9. The molecule has 2 aromatic carbocycles. The van der Waals surface area contributed by atoms with Gasteiger partial charge in [-0.3, -0.25) is 5.32 Å². The first-order valence-electron chi connectivity index (χ1n) is 10.0. The lowest BCUT2D eigenvalue weighted by molar-refractivity contribution is 0.628. The molecule has 3 aromatic rings. The molecule has 0 atom stereocenters. The molecule has 6 nitrogen and oxygen atoms in total. The maximum absolute atomic E-state index is 13.2. The predicted molar refractivity (Wildman–Crippen MR) is 126 cm³/mol. The van der Waals surface area contributed by atoms with Crippen LogP contribution in [0.1, 0.15) is 22.5 Å².